The zero-order valence-corrected chi connectivity index (χ0v) is 45.5. The molecule has 0 spiro atoms. The van der Waals surface area contributed by atoms with Gasteiger partial charge >= 0.3 is 12.4 Å². The van der Waals surface area contributed by atoms with Gasteiger partial charge < -0.3 is 4.57 Å². The molecule has 0 fully saturated rings. The fourth-order valence-electron chi connectivity index (χ4n) is 12.8. The molecular formula is C72H54F6N2. The summed E-state index contributed by atoms with van der Waals surface area (Å²) in [5, 5.41) is 13.0. The van der Waals surface area contributed by atoms with Crippen molar-refractivity contribution < 1.29 is 26.3 Å². The molecule has 0 radical (unpaired) electrons. The second-order valence-electron chi connectivity index (χ2n) is 22.1. The van der Waals surface area contributed by atoms with Crippen molar-refractivity contribution in [3.05, 3.63) is 254 Å². The lowest BCUT2D eigenvalue weighted by Crippen LogP contribution is -2.15. The Morgan fingerprint density at radius 2 is 0.713 bits per heavy atom. The van der Waals surface area contributed by atoms with Crippen LogP contribution in [0.1, 0.15) is 83.8 Å². The van der Waals surface area contributed by atoms with Gasteiger partial charge in [-0.05, 0) is 188 Å². The van der Waals surface area contributed by atoms with Crippen LogP contribution in [-0.4, -0.2) is 4.57 Å². The van der Waals surface area contributed by atoms with Crippen molar-refractivity contribution in [1.29, 1.82) is 5.26 Å². The Bertz CT molecular complexity index is 4120. The highest BCUT2D eigenvalue weighted by Crippen LogP contribution is 2.55. The summed E-state index contributed by atoms with van der Waals surface area (Å²) in [6, 6.07) is 57.7. The van der Waals surface area contributed by atoms with Gasteiger partial charge in [0.2, 0.25) is 0 Å². The number of nitrogens with zero attached hydrogens (tertiary/aromatic N) is 2. The number of rotatable bonds is 7. The largest absolute Gasteiger partial charge is 0.417 e. The summed E-state index contributed by atoms with van der Waals surface area (Å²) >= 11 is 0. The molecule has 394 valence electrons. The summed E-state index contributed by atoms with van der Waals surface area (Å²) < 4.78 is 94.4. The molecule has 0 saturated heterocycles. The maximum atomic E-state index is 15.4. The number of aryl methyl sites for hydroxylation is 8. The van der Waals surface area contributed by atoms with Crippen LogP contribution < -0.4 is 0 Å². The molecule has 8 heteroatoms. The first-order chi connectivity index (χ1) is 38.1. The highest BCUT2D eigenvalue weighted by atomic mass is 19.4. The van der Waals surface area contributed by atoms with E-state index in [1.807, 2.05) is 41.0 Å². The van der Waals surface area contributed by atoms with Crippen LogP contribution in [0.25, 0.3) is 94.3 Å². The number of hydrogen-bond acceptors (Lipinski definition) is 1. The van der Waals surface area contributed by atoms with Crippen LogP contribution in [0.5, 0.6) is 0 Å². The molecule has 0 amide bonds. The number of fused-ring (bicyclic) bond motifs is 6. The molecule has 1 aliphatic rings. The first kappa shape index (κ1) is 51.8. The summed E-state index contributed by atoms with van der Waals surface area (Å²) in [7, 11) is 0. The SMILES string of the molecule is Cc1cc(C)cc(-c2ccc3c(c2)-c2cc(-c4cc(C)cc(C)c4)ccc2C3c2cc(-c3c(C(F)(F)F)cccc3C(F)(F)F)c(C#N)cc2-n2c3ccc(-c4cc(C)cc(C)c4)cc3c3cc(-c4cc(C)cc(C)c4)ccc32)c1. The Hall–Kier alpha value is -8.93. The van der Waals surface area contributed by atoms with Crippen molar-refractivity contribution >= 4 is 21.8 Å². The van der Waals surface area contributed by atoms with Crippen LogP contribution in [0.4, 0.5) is 26.3 Å². The molecule has 0 bridgehead atoms. The van der Waals surface area contributed by atoms with Crippen molar-refractivity contribution in [2.45, 2.75) is 73.7 Å². The maximum absolute atomic E-state index is 15.4. The smallest absolute Gasteiger partial charge is 0.309 e. The molecule has 0 saturated carbocycles. The standard InChI is InChI=1S/C72H54F6N2/c1-39-20-40(2)25-51(24-39)47-12-16-56-59(32-47)60-33-48(52-26-41(3)21-42(4)27-52)13-17-57(60)69(56)63-37-58(70-64(71(73,74)75)10-9-11-65(70)72(76,77)78)55(38-79)36-68(63)80-66-18-14-49(53-28-43(5)22-44(6)29-53)34-61(66)62-35-50(15-19-67(62)80)54-30-45(7)23-46(8)31-54/h9-37,69H,1-8H3. The van der Waals surface area contributed by atoms with E-state index in [2.05, 4.69) is 171 Å². The van der Waals surface area contributed by atoms with Crippen LogP contribution in [0.2, 0.25) is 0 Å². The normalized spacial score (nSPS) is 12.6. The third-order valence-electron chi connectivity index (χ3n) is 15.8. The van der Waals surface area contributed by atoms with Gasteiger partial charge in [0.05, 0.1) is 39.5 Å². The molecule has 12 rings (SSSR count). The first-order valence-corrected chi connectivity index (χ1v) is 26.7. The summed E-state index contributed by atoms with van der Waals surface area (Å²) in [5.74, 6) is -0.743. The number of benzene rings is 10. The number of nitriles is 1. The third kappa shape index (κ3) is 9.15. The molecule has 10 aromatic carbocycles. The van der Waals surface area contributed by atoms with Gasteiger partial charge in [0.1, 0.15) is 0 Å². The molecule has 11 aromatic rings. The van der Waals surface area contributed by atoms with E-state index >= 15 is 26.3 Å². The molecule has 2 nitrogen and oxygen atoms in total. The average Bonchev–Trinajstić information content (AvgIpc) is 2.96. The van der Waals surface area contributed by atoms with Gasteiger partial charge in [0.25, 0.3) is 0 Å². The van der Waals surface area contributed by atoms with E-state index in [4.69, 9.17) is 0 Å². The second-order valence-corrected chi connectivity index (χ2v) is 22.1. The minimum Gasteiger partial charge on any atom is -0.309 e. The minimum absolute atomic E-state index is 0.339. The van der Waals surface area contributed by atoms with Crippen LogP contribution in [-0.2, 0) is 12.4 Å². The van der Waals surface area contributed by atoms with Gasteiger partial charge in [-0.3, -0.25) is 0 Å². The van der Waals surface area contributed by atoms with Crippen molar-refractivity contribution in [2.75, 3.05) is 0 Å². The average molecular weight is 1060 g/mol. The fraction of sp³-hybridized carbons (Fsp3) is 0.153. The first-order valence-electron chi connectivity index (χ1n) is 26.7. The van der Waals surface area contributed by atoms with Gasteiger partial charge in [-0.25, -0.2) is 0 Å². The number of hydrogen-bond donors (Lipinski definition) is 0. The highest BCUT2D eigenvalue weighted by Gasteiger charge is 2.43. The van der Waals surface area contributed by atoms with Crippen molar-refractivity contribution in [3.8, 4) is 78.5 Å². The quantitative estimate of drug-likeness (QED) is 0.146. The zero-order valence-electron chi connectivity index (χ0n) is 45.5. The number of aromatic nitrogens is 1. The van der Waals surface area contributed by atoms with Crippen LogP contribution in [0.15, 0.2) is 176 Å². The van der Waals surface area contributed by atoms with E-state index in [1.165, 1.54) is 12.1 Å². The second kappa shape index (κ2) is 19.2. The van der Waals surface area contributed by atoms with Crippen molar-refractivity contribution in [3.63, 3.8) is 0 Å². The monoisotopic (exact) mass is 1060 g/mol. The van der Waals surface area contributed by atoms with Crippen molar-refractivity contribution in [1.82, 2.24) is 4.57 Å². The van der Waals surface area contributed by atoms with E-state index in [0.717, 1.165) is 139 Å². The summed E-state index contributed by atoms with van der Waals surface area (Å²) in [5.41, 5.74) is 17.6. The fourth-order valence-corrected chi connectivity index (χ4v) is 12.8. The number of alkyl halides is 6. The van der Waals surface area contributed by atoms with Gasteiger partial charge in [0.15, 0.2) is 0 Å². The molecular weight excluding hydrogens is 1010 g/mol. The Labute approximate surface area is 461 Å². The summed E-state index contributed by atoms with van der Waals surface area (Å²) in [4.78, 5) is 0. The zero-order chi connectivity index (χ0) is 56.3. The lowest BCUT2D eigenvalue weighted by molar-refractivity contribution is -0.142. The molecule has 0 N–H and O–H groups in total. The Kier molecular flexibility index (Phi) is 12.4. The van der Waals surface area contributed by atoms with Crippen LogP contribution in [0.3, 0.4) is 0 Å². The predicted molar refractivity (Wildman–Crippen MR) is 313 cm³/mol. The van der Waals surface area contributed by atoms with E-state index in [1.54, 1.807) is 0 Å². The highest BCUT2D eigenvalue weighted by molar-refractivity contribution is 6.12. The van der Waals surface area contributed by atoms with Crippen LogP contribution >= 0.6 is 0 Å². The van der Waals surface area contributed by atoms with Crippen molar-refractivity contribution in [2.24, 2.45) is 0 Å². The van der Waals surface area contributed by atoms with E-state index in [0.29, 0.717) is 23.4 Å². The Balaban J connectivity index is 1.22. The minimum atomic E-state index is -5.21. The topological polar surface area (TPSA) is 28.7 Å². The van der Waals surface area contributed by atoms with Gasteiger partial charge in [-0.15, -0.1) is 0 Å². The molecule has 0 aliphatic heterocycles. The molecule has 0 unspecified atom stereocenters. The maximum Gasteiger partial charge on any atom is 0.417 e. The molecule has 0 atom stereocenters. The summed E-state index contributed by atoms with van der Waals surface area (Å²) in [6.45, 7) is 16.5. The van der Waals surface area contributed by atoms with Crippen LogP contribution in [0, 0.1) is 66.7 Å². The molecule has 1 heterocycles. The summed E-state index contributed by atoms with van der Waals surface area (Å²) in [6.07, 6.45) is -10.4. The predicted octanol–water partition coefficient (Wildman–Crippen LogP) is 20.7. The van der Waals surface area contributed by atoms with Gasteiger partial charge in [-0.2, -0.15) is 31.6 Å². The molecule has 1 aliphatic carbocycles. The Morgan fingerprint density at radius 3 is 1.06 bits per heavy atom. The lowest BCUT2D eigenvalue weighted by Gasteiger charge is -2.25. The molecule has 80 heavy (non-hydrogen) atoms. The van der Waals surface area contributed by atoms with E-state index < -0.39 is 40.5 Å². The third-order valence-corrected chi connectivity index (χ3v) is 15.8. The van der Waals surface area contributed by atoms with Gasteiger partial charge in [-0.1, -0.05) is 160 Å². The van der Waals surface area contributed by atoms with E-state index in [9.17, 15) is 5.26 Å². The molecule has 1 aromatic heterocycles. The van der Waals surface area contributed by atoms with E-state index in [-0.39, 0.29) is 5.56 Å². The van der Waals surface area contributed by atoms with Gasteiger partial charge in [0, 0.05) is 27.8 Å². The lowest BCUT2D eigenvalue weighted by atomic mass is 9.82. The Morgan fingerprint density at radius 1 is 0.362 bits per heavy atom. The number of halogens is 6.